The highest BCUT2D eigenvalue weighted by molar-refractivity contribution is 7.90. The molecule has 1 aromatic heterocycles. The predicted molar refractivity (Wildman–Crippen MR) is 91.3 cm³/mol. The van der Waals surface area contributed by atoms with Crippen molar-refractivity contribution in [1.82, 2.24) is 9.78 Å². The lowest BCUT2D eigenvalue weighted by molar-refractivity contribution is -0.141. The van der Waals surface area contributed by atoms with Gasteiger partial charge >= 0.3 is 6.18 Å². The number of hydrogen-bond donors (Lipinski definition) is 0. The van der Waals surface area contributed by atoms with Crippen LogP contribution < -0.4 is 0 Å². The van der Waals surface area contributed by atoms with Gasteiger partial charge in [0, 0.05) is 6.26 Å². The van der Waals surface area contributed by atoms with Crippen LogP contribution in [0.15, 0.2) is 59.5 Å². The van der Waals surface area contributed by atoms with Crippen molar-refractivity contribution in [2.24, 2.45) is 0 Å². The number of rotatable bonds is 4. The summed E-state index contributed by atoms with van der Waals surface area (Å²) in [5.74, 6) is -0.505. The Kier molecular flexibility index (Phi) is 4.81. The van der Waals surface area contributed by atoms with Crippen LogP contribution in [-0.4, -0.2) is 24.5 Å². The molecule has 142 valence electrons. The number of halogens is 4. The smallest absolute Gasteiger partial charge is 0.260 e. The van der Waals surface area contributed by atoms with E-state index in [1.54, 1.807) is 6.07 Å². The van der Waals surface area contributed by atoms with Crippen LogP contribution in [0.25, 0.3) is 11.3 Å². The van der Waals surface area contributed by atoms with E-state index < -0.39 is 27.5 Å². The van der Waals surface area contributed by atoms with E-state index in [4.69, 9.17) is 0 Å². The van der Waals surface area contributed by atoms with E-state index in [-0.39, 0.29) is 17.1 Å². The second-order valence-electron chi connectivity index (χ2n) is 6.00. The third kappa shape index (κ3) is 4.36. The summed E-state index contributed by atoms with van der Waals surface area (Å²) < 4.78 is 76.9. The van der Waals surface area contributed by atoms with Gasteiger partial charge in [0.25, 0.3) is 0 Å². The van der Waals surface area contributed by atoms with Crippen LogP contribution in [0.5, 0.6) is 0 Å². The summed E-state index contributed by atoms with van der Waals surface area (Å²) in [7, 11) is -3.43. The minimum atomic E-state index is -4.64. The summed E-state index contributed by atoms with van der Waals surface area (Å²) in [5.41, 5.74) is -0.129. The summed E-state index contributed by atoms with van der Waals surface area (Å²) in [6.45, 7) is -0.0724. The van der Waals surface area contributed by atoms with Crippen molar-refractivity contribution in [2.75, 3.05) is 6.26 Å². The Bertz CT molecular complexity index is 1070. The second-order valence-corrected chi connectivity index (χ2v) is 8.01. The van der Waals surface area contributed by atoms with E-state index in [9.17, 15) is 26.0 Å². The van der Waals surface area contributed by atoms with E-state index in [2.05, 4.69) is 5.10 Å². The third-order valence-electron chi connectivity index (χ3n) is 3.87. The van der Waals surface area contributed by atoms with Crippen LogP contribution in [0.1, 0.15) is 11.3 Å². The Labute approximate surface area is 153 Å². The van der Waals surface area contributed by atoms with Gasteiger partial charge in [-0.1, -0.05) is 24.3 Å². The molecule has 9 heteroatoms. The molecule has 4 nitrogen and oxygen atoms in total. The molecule has 0 N–H and O–H groups in total. The zero-order valence-corrected chi connectivity index (χ0v) is 14.9. The normalized spacial score (nSPS) is 12.3. The van der Waals surface area contributed by atoms with Crippen LogP contribution >= 0.6 is 0 Å². The number of alkyl halides is 3. The fraction of sp³-hybridized carbons (Fsp3) is 0.167. The lowest BCUT2D eigenvalue weighted by Gasteiger charge is -2.09. The summed E-state index contributed by atoms with van der Waals surface area (Å²) in [4.78, 5) is 0.0542. The van der Waals surface area contributed by atoms with E-state index in [1.165, 1.54) is 42.5 Å². The van der Waals surface area contributed by atoms with E-state index >= 15 is 0 Å². The zero-order chi connectivity index (χ0) is 19.8. The molecule has 0 aliphatic rings. The van der Waals surface area contributed by atoms with Crippen molar-refractivity contribution in [3.05, 3.63) is 71.7 Å². The van der Waals surface area contributed by atoms with Gasteiger partial charge in [-0.2, -0.15) is 18.3 Å². The lowest BCUT2D eigenvalue weighted by atomic mass is 10.1. The first kappa shape index (κ1) is 19.1. The summed E-state index contributed by atoms with van der Waals surface area (Å²) in [6.07, 6.45) is -3.60. The fourth-order valence-electron chi connectivity index (χ4n) is 2.59. The van der Waals surface area contributed by atoms with Crippen LogP contribution in [0.2, 0.25) is 0 Å². The molecule has 0 spiro atoms. The monoisotopic (exact) mass is 398 g/mol. The summed E-state index contributed by atoms with van der Waals surface area (Å²) >= 11 is 0. The third-order valence-corrected chi connectivity index (χ3v) is 5.00. The maximum Gasteiger partial charge on any atom is 0.435 e. The minimum Gasteiger partial charge on any atom is -0.260 e. The molecule has 0 aliphatic heterocycles. The molecule has 0 unspecified atom stereocenters. The van der Waals surface area contributed by atoms with Gasteiger partial charge < -0.3 is 0 Å². The number of hydrogen-bond acceptors (Lipinski definition) is 3. The highest BCUT2D eigenvalue weighted by Crippen LogP contribution is 2.32. The Hall–Kier alpha value is -2.68. The molecule has 0 aliphatic carbocycles. The van der Waals surface area contributed by atoms with Gasteiger partial charge in [-0.15, -0.1) is 0 Å². The van der Waals surface area contributed by atoms with Crippen LogP contribution in [0.4, 0.5) is 17.6 Å². The van der Waals surface area contributed by atoms with Gasteiger partial charge in [0.2, 0.25) is 0 Å². The molecule has 0 radical (unpaired) electrons. The van der Waals surface area contributed by atoms with Crippen molar-refractivity contribution in [1.29, 1.82) is 0 Å². The van der Waals surface area contributed by atoms with Gasteiger partial charge in [0.05, 0.1) is 17.1 Å². The van der Waals surface area contributed by atoms with E-state index in [1.807, 2.05) is 0 Å². The average Bonchev–Trinajstić information content (AvgIpc) is 2.98. The molecule has 27 heavy (non-hydrogen) atoms. The summed E-state index contributed by atoms with van der Waals surface area (Å²) in [5, 5.41) is 3.60. The van der Waals surface area contributed by atoms with Crippen molar-refractivity contribution >= 4 is 9.84 Å². The molecule has 3 aromatic rings. The maximum absolute atomic E-state index is 13.4. The largest absolute Gasteiger partial charge is 0.435 e. The zero-order valence-electron chi connectivity index (χ0n) is 14.0. The molecular formula is C18H14F4N2O2S. The molecule has 3 rings (SSSR count). The van der Waals surface area contributed by atoms with Crippen LogP contribution in [0, 0.1) is 5.82 Å². The van der Waals surface area contributed by atoms with Crippen LogP contribution in [-0.2, 0) is 22.6 Å². The molecule has 0 saturated carbocycles. The van der Waals surface area contributed by atoms with Crippen molar-refractivity contribution in [3.8, 4) is 11.3 Å². The summed E-state index contributed by atoms with van der Waals surface area (Å²) in [6, 6.07) is 11.8. The van der Waals surface area contributed by atoms with Crippen molar-refractivity contribution < 1.29 is 26.0 Å². The topological polar surface area (TPSA) is 52.0 Å². The van der Waals surface area contributed by atoms with Crippen LogP contribution in [0.3, 0.4) is 0 Å². The molecule has 0 saturated heterocycles. The highest BCUT2D eigenvalue weighted by atomic mass is 32.2. The lowest BCUT2D eigenvalue weighted by Crippen LogP contribution is -2.09. The van der Waals surface area contributed by atoms with Crippen molar-refractivity contribution in [3.63, 3.8) is 0 Å². The van der Waals surface area contributed by atoms with Gasteiger partial charge in [-0.05, 0) is 41.5 Å². The first-order valence-electron chi connectivity index (χ1n) is 7.74. The first-order valence-corrected chi connectivity index (χ1v) is 9.63. The Morgan fingerprint density at radius 1 is 1.04 bits per heavy atom. The predicted octanol–water partition coefficient (Wildman–Crippen LogP) is 4.16. The number of aromatic nitrogens is 2. The SMILES string of the molecule is CS(=O)(=O)c1ccc(-c2cc(C(F)(F)F)nn2Cc2cccc(F)c2)cc1. The molecular weight excluding hydrogens is 384 g/mol. The molecule has 2 aromatic carbocycles. The van der Waals surface area contributed by atoms with Gasteiger partial charge in [-0.3, -0.25) is 4.68 Å². The number of benzene rings is 2. The Morgan fingerprint density at radius 3 is 2.26 bits per heavy atom. The molecule has 0 atom stereocenters. The number of nitrogens with zero attached hydrogens (tertiary/aromatic N) is 2. The molecule has 0 fully saturated rings. The highest BCUT2D eigenvalue weighted by Gasteiger charge is 2.35. The Morgan fingerprint density at radius 2 is 1.70 bits per heavy atom. The standard InChI is InChI=1S/C18H14F4N2O2S/c1-27(25,26)15-7-5-13(6-8-15)16-10-17(18(20,21)22)23-24(16)11-12-3-2-4-14(19)9-12/h2-10H,11H2,1H3. The maximum atomic E-state index is 13.4. The van der Waals surface area contributed by atoms with Gasteiger partial charge in [0.15, 0.2) is 15.5 Å². The molecule has 0 bridgehead atoms. The minimum absolute atomic E-state index is 0.0542. The van der Waals surface area contributed by atoms with Crippen molar-refractivity contribution in [2.45, 2.75) is 17.6 Å². The fourth-order valence-corrected chi connectivity index (χ4v) is 3.22. The van der Waals surface area contributed by atoms with E-state index in [0.29, 0.717) is 11.1 Å². The molecule has 1 heterocycles. The molecule has 0 amide bonds. The Balaban J connectivity index is 2.06. The number of sulfone groups is 1. The first-order chi connectivity index (χ1) is 12.5. The van der Waals surface area contributed by atoms with Gasteiger partial charge in [-0.25, -0.2) is 12.8 Å². The average molecular weight is 398 g/mol. The van der Waals surface area contributed by atoms with Gasteiger partial charge in [0.1, 0.15) is 5.82 Å². The second kappa shape index (κ2) is 6.80. The van der Waals surface area contributed by atoms with E-state index in [0.717, 1.165) is 17.0 Å². The quantitative estimate of drug-likeness (QED) is 0.620.